The molecule has 0 aromatic heterocycles. The summed E-state index contributed by atoms with van der Waals surface area (Å²) >= 11 is 5.76. The molecular formula is C46H39BN2S3. The lowest BCUT2D eigenvalue weighted by atomic mass is 9.43. The number of hydrogen-bond donors (Lipinski definition) is 0. The van der Waals surface area contributed by atoms with Gasteiger partial charge in [-0.05, 0) is 131 Å². The molecule has 5 aliphatic rings. The number of nitrogens with zero attached hydrogens (tertiary/aromatic N) is 2. The van der Waals surface area contributed by atoms with Gasteiger partial charge in [0.25, 0.3) is 0 Å². The third-order valence-electron chi connectivity index (χ3n) is 12.3. The van der Waals surface area contributed by atoms with Crippen LogP contribution in [0.25, 0.3) is 11.1 Å². The number of para-hydroxylation sites is 2. The normalized spacial score (nSPS) is 17.6. The van der Waals surface area contributed by atoms with Crippen LogP contribution in [0.2, 0.25) is 0 Å². The van der Waals surface area contributed by atoms with Crippen molar-refractivity contribution in [2.45, 2.75) is 94.6 Å². The molecule has 254 valence electrons. The van der Waals surface area contributed by atoms with Crippen molar-refractivity contribution in [3.63, 3.8) is 0 Å². The fourth-order valence-electron chi connectivity index (χ4n) is 9.55. The molecule has 0 atom stereocenters. The van der Waals surface area contributed by atoms with Gasteiger partial charge in [-0.1, -0.05) is 112 Å². The van der Waals surface area contributed by atoms with Gasteiger partial charge in [0.05, 0.1) is 5.69 Å². The first-order chi connectivity index (χ1) is 25.1. The van der Waals surface area contributed by atoms with Crippen LogP contribution in [0.15, 0.2) is 133 Å². The van der Waals surface area contributed by atoms with Crippen molar-refractivity contribution < 1.29 is 0 Å². The number of hydrogen-bond acceptors (Lipinski definition) is 5. The van der Waals surface area contributed by atoms with Crippen molar-refractivity contribution in [3.8, 4) is 11.1 Å². The average Bonchev–Trinajstić information content (AvgIpc) is 3.13. The quantitative estimate of drug-likeness (QED) is 0.155. The summed E-state index contributed by atoms with van der Waals surface area (Å²) in [6.45, 7) is 14.5. The Morgan fingerprint density at radius 1 is 0.538 bits per heavy atom. The molecule has 0 N–H and O–H groups in total. The van der Waals surface area contributed by atoms with E-state index in [-0.39, 0.29) is 17.7 Å². The Labute approximate surface area is 320 Å². The first-order valence-corrected chi connectivity index (χ1v) is 20.9. The van der Waals surface area contributed by atoms with E-state index in [1.54, 1.807) is 0 Å². The van der Waals surface area contributed by atoms with Crippen molar-refractivity contribution in [2.75, 3.05) is 9.71 Å². The zero-order valence-corrected chi connectivity index (χ0v) is 32.9. The lowest BCUT2D eigenvalue weighted by Gasteiger charge is -2.49. The van der Waals surface area contributed by atoms with E-state index in [0.717, 1.165) is 0 Å². The number of benzene rings is 6. The first kappa shape index (κ1) is 31.6. The van der Waals surface area contributed by atoms with Crippen LogP contribution in [-0.2, 0) is 10.8 Å². The van der Waals surface area contributed by atoms with E-state index in [9.17, 15) is 0 Å². The molecule has 0 saturated heterocycles. The molecule has 6 aromatic carbocycles. The summed E-state index contributed by atoms with van der Waals surface area (Å²) in [5, 5.41) is 0. The van der Waals surface area contributed by atoms with Crippen LogP contribution >= 0.6 is 35.3 Å². The minimum Gasteiger partial charge on any atom is -0.374 e. The minimum absolute atomic E-state index is 0.0360. The molecule has 6 aromatic rings. The van der Waals surface area contributed by atoms with Gasteiger partial charge in [0.15, 0.2) is 0 Å². The Balaban J connectivity index is 1.25. The summed E-state index contributed by atoms with van der Waals surface area (Å²) in [5.41, 5.74) is 18.0. The van der Waals surface area contributed by atoms with Gasteiger partial charge in [-0.2, -0.15) is 0 Å². The van der Waals surface area contributed by atoms with Crippen molar-refractivity contribution in [1.29, 1.82) is 0 Å². The van der Waals surface area contributed by atoms with Gasteiger partial charge in [0.1, 0.15) is 0 Å². The standard InChI is InChI=1S/C46H39BN2S3/c1-26-20-29-28-12-11-17-40-44(28)49(33-13-7-8-14-37(33)50-40)47-32-24-41-42(52-39-16-10-9-15-38(39)51-41)25-35(32)48(36(21-26)43(29)47)34-23-31-30(22-27(34)2)45(3,4)18-19-46(31,5)6/h7-17,20-25H,18-19H2,1-6H3. The predicted octanol–water partition coefficient (Wildman–Crippen LogP) is 12.4. The minimum atomic E-state index is 0.0360. The molecule has 11 rings (SSSR count). The number of aryl methyl sites for hydroxylation is 2. The molecule has 6 heteroatoms. The molecule has 0 spiro atoms. The largest absolute Gasteiger partial charge is 0.374 e. The smallest absolute Gasteiger partial charge is 0.333 e. The Kier molecular flexibility index (Phi) is 6.56. The van der Waals surface area contributed by atoms with Crippen molar-refractivity contribution in [2.24, 2.45) is 0 Å². The van der Waals surface area contributed by atoms with Crippen LogP contribution in [0.4, 0.5) is 28.4 Å². The number of anilines is 5. The highest BCUT2D eigenvalue weighted by Crippen LogP contribution is 2.58. The summed E-state index contributed by atoms with van der Waals surface area (Å²) in [5.74, 6) is 0. The van der Waals surface area contributed by atoms with Gasteiger partial charge >= 0.3 is 6.85 Å². The lowest BCUT2D eigenvalue weighted by molar-refractivity contribution is 0.332. The Hall–Kier alpha value is -3.97. The highest BCUT2D eigenvalue weighted by molar-refractivity contribution is 8.05. The van der Waals surface area contributed by atoms with Crippen LogP contribution in [-0.4, -0.2) is 6.85 Å². The molecular weight excluding hydrogens is 688 g/mol. The van der Waals surface area contributed by atoms with E-state index < -0.39 is 0 Å². The fraction of sp³-hybridized carbons (Fsp3) is 0.217. The highest BCUT2D eigenvalue weighted by Gasteiger charge is 2.48. The summed E-state index contributed by atoms with van der Waals surface area (Å²) in [6, 6.07) is 40.0. The van der Waals surface area contributed by atoms with Gasteiger partial charge in [-0.3, -0.25) is 0 Å². The zero-order chi connectivity index (χ0) is 35.3. The maximum Gasteiger partial charge on any atom is 0.333 e. The molecule has 0 fully saturated rings. The molecule has 0 bridgehead atoms. The zero-order valence-electron chi connectivity index (χ0n) is 30.4. The summed E-state index contributed by atoms with van der Waals surface area (Å²) in [4.78, 5) is 13.4. The number of rotatable bonds is 1. The SMILES string of the molecule is Cc1cc2c3c(c1)N(c1cc4c(cc1C)C(C)(C)CCC4(C)C)c1cc4c(cc1B3N1c3ccccc3Sc3cccc-2c31)Sc1ccccc1S4. The molecule has 4 heterocycles. The van der Waals surface area contributed by atoms with Crippen molar-refractivity contribution in [1.82, 2.24) is 0 Å². The monoisotopic (exact) mass is 726 g/mol. The molecule has 0 amide bonds. The van der Waals surface area contributed by atoms with Gasteiger partial charge in [-0.15, -0.1) is 0 Å². The third kappa shape index (κ3) is 4.32. The maximum absolute atomic E-state index is 2.69. The Morgan fingerprint density at radius 2 is 1.17 bits per heavy atom. The van der Waals surface area contributed by atoms with E-state index in [1.165, 1.54) is 115 Å². The van der Waals surface area contributed by atoms with Gasteiger partial charge in [0, 0.05) is 57.7 Å². The first-order valence-electron chi connectivity index (χ1n) is 18.5. The van der Waals surface area contributed by atoms with E-state index in [2.05, 4.69) is 154 Å². The Morgan fingerprint density at radius 3 is 1.92 bits per heavy atom. The van der Waals surface area contributed by atoms with Crippen LogP contribution in [0.5, 0.6) is 0 Å². The van der Waals surface area contributed by atoms with Gasteiger partial charge in [0.2, 0.25) is 0 Å². The van der Waals surface area contributed by atoms with Crippen LogP contribution in [0.3, 0.4) is 0 Å². The van der Waals surface area contributed by atoms with Gasteiger partial charge < -0.3 is 9.71 Å². The molecule has 2 nitrogen and oxygen atoms in total. The van der Waals surface area contributed by atoms with E-state index in [0.29, 0.717) is 0 Å². The second-order valence-corrected chi connectivity index (χ2v) is 19.8. The third-order valence-corrected chi connectivity index (χ3v) is 15.9. The van der Waals surface area contributed by atoms with Gasteiger partial charge in [-0.25, -0.2) is 0 Å². The number of fused-ring (bicyclic) bond motifs is 9. The predicted molar refractivity (Wildman–Crippen MR) is 224 cm³/mol. The highest BCUT2D eigenvalue weighted by atomic mass is 32.2. The van der Waals surface area contributed by atoms with Crippen LogP contribution < -0.4 is 20.6 Å². The molecule has 0 unspecified atom stereocenters. The fourth-order valence-corrected chi connectivity index (χ4v) is 12.9. The summed E-state index contributed by atoms with van der Waals surface area (Å²) in [6.07, 6.45) is 2.41. The van der Waals surface area contributed by atoms with E-state index in [1.807, 2.05) is 35.3 Å². The topological polar surface area (TPSA) is 6.48 Å². The molecule has 0 saturated carbocycles. The van der Waals surface area contributed by atoms with Crippen molar-refractivity contribution in [3.05, 3.63) is 125 Å². The molecule has 52 heavy (non-hydrogen) atoms. The van der Waals surface area contributed by atoms with Crippen LogP contribution in [0.1, 0.15) is 62.8 Å². The molecule has 1 aliphatic carbocycles. The van der Waals surface area contributed by atoms with E-state index >= 15 is 0 Å². The average molecular weight is 727 g/mol. The second-order valence-electron chi connectivity index (χ2n) is 16.5. The lowest BCUT2D eigenvalue weighted by Crippen LogP contribution is -2.62. The van der Waals surface area contributed by atoms with Crippen molar-refractivity contribution >= 4 is 81.5 Å². The summed E-state index contributed by atoms with van der Waals surface area (Å²) in [7, 11) is 0. The van der Waals surface area contributed by atoms with E-state index in [4.69, 9.17) is 0 Å². The second kappa shape index (κ2) is 10.8. The summed E-state index contributed by atoms with van der Waals surface area (Å²) < 4.78 is 0. The Bertz CT molecular complexity index is 2570. The molecule has 0 radical (unpaired) electrons. The van der Waals surface area contributed by atoms with Crippen LogP contribution in [0, 0.1) is 13.8 Å². The maximum atomic E-state index is 2.69. The molecule has 4 aliphatic heterocycles.